The van der Waals surface area contributed by atoms with Crippen molar-refractivity contribution in [3.05, 3.63) is 90.5 Å². The quantitative estimate of drug-likeness (QED) is 0.598. The minimum Gasteiger partial charge on any atom is -0.337 e. The fourth-order valence-corrected chi connectivity index (χ4v) is 2.99. The van der Waals surface area contributed by atoms with Crippen molar-refractivity contribution in [2.24, 2.45) is 0 Å². The molecule has 3 aromatic carbocycles. The Morgan fingerprint density at radius 3 is 2.36 bits per heavy atom. The van der Waals surface area contributed by atoms with Crippen LogP contribution < -0.4 is 4.90 Å². The van der Waals surface area contributed by atoms with Crippen LogP contribution in [-0.4, -0.2) is 6.54 Å². The van der Waals surface area contributed by atoms with Gasteiger partial charge in [0.2, 0.25) is 0 Å². The van der Waals surface area contributed by atoms with Crippen molar-refractivity contribution in [2.75, 3.05) is 11.4 Å². The van der Waals surface area contributed by atoms with Crippen LogP contribution in [0.25, 0.3) is 17.2 Å². The molecule has 1 aliphatic heterocycles. The highest BCUT2D eigenvalue weighted by molar-refractivity contribution is 5.79. The lowest BCUT2D eigenvalue weighted by Crippen LogP contribution is -2.20. The van der Waals surface area contributed by atoms with Crippen LogP contribution in [0.1, 0.15) is 5.56 Å². The smallest absolute Gasteiger partial charge is 0.0487 e. The van der Waals surface area contributed by atoms with Gasteiger partial charge in [-0.1, -0.05) is 72.8 Å². The highest BCUT2D eigenvalue weighted by Gasteiger charge is 2.14. The van der Waals surface area contributed by atoms with E-state index < -0.39 is 0 Å². The number of rotatable bonds is 2. The number of benzene rings is 3. The minimum absolute atomic E-state index is 0.912. The molecule has 0 N–H and O–H groups in total. The molecule has 0 amide bonds. The second kappa shape index (κ2) is 5.53. The average Bonchev–Trinajstić information content (AvgIpc) is 2.62. The first-order chi connectivity index (χ1) is 10.9. The highest BCUT2D eigenvalue weighted by atomic mass is 15.1. The lowest BCUT2D eigenvalue weighted by Gasteiger charge is -2.28. The van der Waals surface area contributed by atoms with Crippen molar-refractivity contribution in [1.29, 1.82) is 0 Å². The summed E-state index contributed by atoms with van der Waals surface area (Å²) in [6.07, 6.45) is 4.42. The molecule has 0 spiro atoms. The summed E-state index contributed by atoms with van der Waals surface area (Å²) in [5.41, 5.74) is 6.29. The molecule has 0 unspecified atom stereocenters. The van der Waals surface area contributed by atoms with Crippen LogP contribution in [0.3, 0.4) is 0 Å². The van der Waals surface area contributed by atoms with Gasteiger partial charge in [-0.05, 0) is 34.9 Å². The lowest BCUT2D eigenvalue weighted by molar-refractivity contribution is 1.08. The van der Waals surface area contributed by atoms with E-state index in [2.05, 4.69) is 95.9 Å². The molecular formula is C21H17N. The van der Waals surface area contributed by atoms with Gasteiger partial charge in [0.15, 0.2) is 0 Å². The zero-order chi connectivity index (χ0) is 14.8. The Labute approximate surface area is 131 Å². The lowest BCUT2D eigenvalue weighted by atomic mass is 10.0. The SMILES string of the molecule is C1=Cc2ccccc2N(c2cccc(-c3ccccc3)c2)C1. The molecule has 0 radical (unpaired) electrons. The minimum atomic E-state index is 0.912. The molecule has 1 heterocycles. The third-order valence-electron chi connectivity index (χ3n) is 4.08. The van der Waals surface area contributed by atoms with Gasteiger partial charge >= 0.3 is 0 Å². The Morgan fingerprint density at radius 1 is 0.682 bits per heavy atom. The van der Waals surface area contributed by atoms with Gasteiger partial charge in [-0.3, -0.25) is 0 Å². The van der Waals surface area contributed by atoms with E-state index in [-0.39, 0.29) is 0 Å². The molecule has 4 rings (SSSR count). The van der Waals surface area contributed by atoms with Crippen molar-refractivity contribution in [2.45, 2.75) is 0 Å². The largest absolute Gasteiger partial charge is 0.337 e. The molecule has 106 valence electrons. The fourth-order valence-electron chi connectivity index (χ4n) is 2.99. The number of hydrogen-bond acceptors (Lipinski definition) is 1. The van der Waals surface area contributed by atoms with E-state index >= 15 is 0 Å². The van der Waals surface area contributed by atoms with Crippen LogP contribution in [0.4, 0.5) is 11.4 Å². The van der Waals surface area contributed by atoms with Gasteiger partial charge in [-0.2, -0.15) is 0 Å². The summed E-state index contributed by atoms with van der Waals surface area (Å²) in [5, 5.41) is 0. The first kappa shape index (κ1) is 12.9. The molecule has 22 heavy (non-hydrogen) atoms. The number of fused-ring (bicyclic) bond motifs is 1. The predicted molar refractivity (Wildman–Crippen MR) is 94.4 cm³/mol. The molecule has 0 fully saturated rings. The van der Waals surface area contributed by atoms with E-state index in [1.54, 1.807) is 0 Å². The van der Waals surface area contributed by atoms with Gasteiger partial charge in [-0.15, -0.1) is 0 Å². The molecule has 1 heteroatoms. The summed E-state index contributed by atoms with van der Waals surface area (Å²) in [4.78, 5) is 2.36. The molecular weight excluding hydrogens is 266 g/mol. The molecule has 3 aromatic rings. The molecule has 1 nitrogen and oxygen atoms in total. The van der Waals surface area contributed by atoms with Crippen LogP contribution in [0, 0.1) is 0 Å². The predicted octanol–water partition coefficient (Wildman–Crippen LogP) is 5.52. The van der Waals surface area contributed by atoms with Crippen LogP contribution in [0.5, 0.6) is 0 Å². The Bertz CT molecular complexity index is 818. The van der Waals surface area contributed by atoms with Crippen molar-refractivity contribution >= 4 is 17.5 Å². The second-order valence-corrected chi connectivity index (χ2v) is 5.49. The summed E-state index contributed by atoms with van der Waals surface area (Å²) >= 11 is 0. The van der Waals surface area contributed by atoms with E-state index in [1.165, 1.54) is 28.1 Å². The van der Waals surface area contributed by atoms with E-state index in [0.29, 0.717) is 0 Å². The van der Waals surface area contributed by atoms with Gasteiger partial charge in [0.1, 0.15) is 0 Å². The monoisotopic (exact) mass is 283 g/mol. The van der Waals surface area contributed by atoms with Gasteiger partial charge in [-0.25, -0.2) is 0 Å². The maximum atomic E-state index is 2.36. The highest BCUT2D eigenvalue weighted by Crippen LogP contribution is 2.34. The van der Waals surface area contributed by atoms with Crippen molar-refractivity contribution in [3.8, 4) is 11.1 Å². The third kappa shape index (κ3) is 2.31. The Balaban J connectivity index is 1.77. The van der Waals surface area contributed by atoms with Gasteiger partial charge in [0.25, 0.3) is 0 Å². The van der Waals surface area contributed by atoms with Crippen LogP contribution in [0.2, 0.25) is 0 Å². The number of para-hydroxylation sites is 1. The Morgan fingerprint density at radius 2 is 1.45 bits per heavy atom. The second-order valence-electron chi connectivity index (χ2n) is 5.49. The van der Waals surface area contributed by atoms with E-state index in [0.717, 1.165) is 6.54 Å². The molecule has 0 saturated heterocycles. The third-order valence-corrected chi connectivity index (χ3v) is 4.08. The Hall–Kier alpha value is -2.80. The first-order valence-corrected chi connectivity index (χ1v) is 7.60. The number of hydrogen-bond donors (Lipinski definition) is 0. The van der Waals surface area contributed by atoms with Crippen LogP contribution >= 0.6 is 0 Å². The summed E-state index contributed by atoms with van der Waals surface area (Å²) < 4.78 is 0. The van der Waals surface area contributed by atoms with Crippen molar-refractivity contribution in [3.63, 3.8) is 0 Å². The maximum Gasteiger partial charge on any atom is 0.0487 e. The van der Waals surface area contributed by atoms with Gasteiger partial charge < -0.3 is 4.90 Å². The topological polar surface area (TPSA) is 3.24 Å². The normalized spacial score (nSPS) is 13.0. The molecule has 0 aromatic heterocycles. The van der Waals surface area contributed by atoms with Crippen LogP contribution in [0.15, 0.2) is 84.9 Å². The van der Waals surface area contributed by atoms with E-state index in [9.17, 15) is 0 Å². The summed E-state index contributed by atoms with van der Waals surface area (Å²) in [6.45, 7) is 0.912. The van der Waals surface area contributed by atoms with E-state index in [1.807, 2.05) is 0 Å². The van der Waals surface area contributed by atoms with Gasteiger partial charge in [0, 0.05) is 17.9 Å². The van der Waals surface area contributed by atoms with Crippen molar-refractivity contribution in [1.82, 2.24) is 0 Å². The maximum absolute atomic E-state index is 2.36. The standard InChI is InChI=1S/C21H17N/c1-2-8-17(9-3-1)19-11-6-13-20(16-19)22-15-7-12-18-10-4-5-14-21(18)22/h1-14,16H,15H2. The molecule has 1 aliphatic rings. The van der Waals surface area contributed by atoms with E-state index in [4.69, 9.17) is 0 Å². The molecule has 0 saturated carbocycles. The average molecular weight is 283 g/mol. The molecule has 0 atom stereocenters. The summed E-state index contributed by atoms with van der Waals surface area (Å²) in [5.74, 6) is 0. The zero-order valence-electron chi connectivity index (χ0n) is 12.3. The Kier molecular flexibility index (Phi) is 3.24. The molecule has 0 bridgehead atoms. The number of nitrogens with zero attached hydrogens (tertiary/aromatic N) is 1. The number of anilines is 2. The van der Waals surface area contributed by atoms with Crippen LogP contribution in [-0.2, 0) is 0 Å². The fraction of sp³-hybridized carbons (Fsp3) is 0.0476. The zero-order valence-corrected chi connectivity index (χ0v) is 12.3. The first-order valence-electron chi connectivity index (χ1n) is 7.60. The van der Waals surface area contributed by atoms with Gasteiger partial charge in [0.05, 0.1) is 0 Å². The summed E-state index contributed by atoms with van der Waals surface area (Å²) in [7, 11) is 0. The molecule has 0 aliphatic carbocycles. The van der Waals surface area contributed by atoms with Crippen molar-refractivity contribution < 1.29 is 0 Å². The summed E-state index contributed by atoms with van der Waals surface area (Å²) in [6, 6.07) is 27.8.